The smallest absolute Gasteiger partial charge is 0.382 e. The van der Waals surface area contributed by atoms with Crippen LogP contribution in [0.25, 0.3) is 0 Å². The SMILES string of the molecule is CCC(C)(O[P+](=O)O)C(O)(CC)c1ccccc1C. The Hall–Kier alpha value is -0.800. The van der Waals surface area contributed by atoms with Gasteiger partial charge in [0.25, 0.3) is 0 Å². The molecule has 0 heterocycles. The van der Waals surface area contributed by atoms with E-state index in [1.807, 2.05) is 45.0 Å². The van der Waals surface area contributed by atoms with Crippen LogP contribution in [0.2, 0.25) is 0 Å². The Morgan fingerprint density at radius 2 is 1.84 bits per heavy atom. The fourth-order valence-electron chi connectivity index (χ4n) is 2.49. The topological polar surface area (TPSA) is 66.8 Å². The predicted octanol–water partition coefficient (Wildman–Crippen LogP) is 3.43. The Kier molecular flexibility index (Phi) is 5.22. The number of aliphatic hydroxyl groups is 1. The predicted molar refractivity (Wildman–Crippen MR) is 75.0 cm³/mol. The van der Waals surface area contributed by atoms with Crippen molar-refractivity contribution >= 4 is 8.25 Å². The minimum absolute atomic E-state index is 0.394. The molecule has 0 aromatic heterocycles. The summed E-state index contributed by atoms with van der Waals surface area (Å²) in [7, 11) is -2.77. The summed E-state index contributed by atoms with van der Waals surface area (Å²) in [6.45, 7) is 7.25. The lowest BCUT2D eigenvalue weighted by Crippen LogP contribution is -2.50. The minimum Gasteiger partial charge on any atom is -0.382 e. The molecule has 0 radical (unpaired) electrons. The van der Waals surface area contributed by atoms with E-state index < -0.39 is 19.5 Å². The maximum atomic E-state index is 11.1. The molecule has 2 N–H and O–H groups in total. The first-order valence-corrected chi connectivity index (χ1v) is 7.57. The van der Waals surface area contributed by atoms with Crippen LogP contribution in [0.3, 0.4) is 0 Å². The molecule has 0 bridgehead atoms. The van der Waals surface area contributed by atoms with Gasteiger partial charge in [-0.25, -0.2) is 0 Å². The molecule has 0 aliphatic carbocycles. The minimum atomic E-state index is -2.77. The zero-order chi connectivity index (χ0) is 14.7. The van der Waals surface area contributed by atoms with Crippen molar-refractivity contribution < 1.29 is 19.1 Å². The summed E-state index contributed by atoms with van der Waals surface area (Å²) in [5, 5.41) is 11.1. The molecular weight excluding hydrogens is 263 g/mol. The molecule has 0 fully saturated rings. The molecule has 3 atom stereocenters. The second-order valence-corrected chi connectivity index (χ2v) is 5.60. The van der Waals surface area contributed by atoms with Gasteiger partial charge in [-0.05, 0) is 37.8 Å². The van der Waals surface area contributed by atoms with Crippen molar-refractivity contribution in [1.82, 2.24) is 0 Å². The number of benzene rings is 1. The number of hydrogen-bond donors (Lipinski definition) is 2. The van der Waals surface area contributed by atoms with E-state index >= 15 is 0 Å². The Morgan fingerprint density at radius 1 is 1.26 bits per heavy atom. The maximum Gasteiger partial charge on any atom is 0.695 e. The lowest BCUT2D eigenvalue weighted by molar-refractivity contribution is -0.137. The molecule has 0 amide bonds. The van der Waals surface area contributed by atoms with Crippen molar-refractivity contribution in [2.45, 2.75) is 51.7 Å². The van der Waals surface area contributed by atoms with E-state index in [4.69, 9.17) is 9.42 Å². The lowest BCUT2D eigenvalue weighted by atomic mass is 9.74. The molecule has 0 saturated carbocycles. The van der Waals surface area contributed by atoms with Crippen LogP contribution >= 0.6 is 8.25 Å². The lowest BCUT2D eigenvalue weighted by Gasteiger charge is -2.40. The van der Waals surface area contributed by atoms with Crippen LogP contribution in [0.15, 0.2) is 24.3 Å². The van der Waals surface area contributed by atoms with E-state index in [9.17, 15) is 9.67 Å². The summed E-state index contributed by atoms with van der Waals surface area (Å²) in [4.78, 5) is 9.07. The number of rotatable bonds is 6. The van der Waals surface area contributed by atoms with Gasteiger partial charge in [-0.3, -0.25) is 0 Å². The van der Waals surface area contributed by atoms with E-state index in [-0.39, 0.29) is 0 Å². The third-order valence-corrected chi connectivity index (χ3v) is 4.49. The van der Waals surface area contributed by atoms with Crippen LogP contribution in [0.1, 0.15) is 44.7 Å². The van der Waals surface area contributed by atoms with Crippen molar-refractivity contribution in [1.29, 1.82) is 0 Å². The van der Waals surface area contributed by atoms with Crippen LogP contribution in [-0.4, -0.2) is 15.6 Å². The molecule has 1 aromatic carbocycles. The zero-order valence-corrected chi connectivity index (χ0v) is 12.8. The third-order valence-electron chi connectivity index (χ3n) is 3.93. The van der Waals surface area contributed by atoms with Crippen LogP contribution in [0, 0.1) is 6.92 Å². The summed E-state index contributed by atoms with van der Waals surface area (Å²) in [5.41, 5.74) is -0.751. The Balaban J connectivity index is 3.36. The van der Waals surface area contributed by atoms with Gasteiger partial charge in [0.15, 0.2) is 5.60 Å². The largest absolute Gasteiger partial charge is 0.695 e. The molecule has 106 valence electrons. The van der Waals surface area contributed by atoms with Gasteiger partial charge in [0.05, 0.1) is 0 Å². The van der Waals surface area contributed by atoms with Gasteiger partial charge in [0, 0.05) is 4.57 Å². The van der Waals surface area contributed by atoms with Gasteiger partial charge in [-0.2, -0.15) is 0 Å². The van der Waals surface area contributed by atoms with Gasteiger partial charge in [-0.15, -0.1) is 9.42 Å². The molecule has 0 spiro atoms. The molecule has 1 rings (SSSR count). The van der Waals surface area contributed by atoms with Crippen LogP contribution in [0.4, 0.5) is 0 Å². The van der Waals surface area contributed by atoms with Gasteiger partial charge in [-0.1, -0.05) is 38.1 Å². The first-order valence-electron chi connectivity index (χ1n) is 6.44. The highest BCUT2D eigenvalue weighted by Crippen LogP contribution is 2.45. The van der Waals surface area contributed by atoms with Gasteiger partial charge < -0.3 is 5.11 Å². The van der Waals surface area contributed by atoms with Gasteiger partial charge >= 0.3 is 8.25 Å². The van der Waals surface area contributed by atoms with Crippen LogP contribution < -0.4 is 0 Å². The highest BCUT2D eigenvalue weighted by Gasteiger charge is 2.53. The molecule has 5 heteroatoms. The molecule has 0 aliphatic heterocycles. The average Bonchev–Trinajstić information content (AvgIpc) is 2.37. The summed E-state index contributed by atoms with van der Waals surface area (Å²) in [6.07, 6.45) is 0.818. The standard InChI is InChI=1S/C14H21O4P/c1-5-13(4,18-19(16)17)14(15,6-2)12-10-8-7-9-11(12)3/h7-10,15H,5-6H2,1-4H3/p+1. The number of hydrogen-bond acceptors (Lipinski definition) is 3. The van der Waals surface area contributed by atoms with Crippen LogP contribution in [-0.2, 0) is 14.7 Å². The Morgan fingerprint density at radius 3 is 2.26 bits per heavy atom. The summed E-state index contributed by atoms with van der Waals surface area (Å²) in [5.74, 6) is 0. The van der Waals surface area contributed by atoms with Gasteiger partial charge in [0.2, 0.25) is 0 Å². The molecular formula is C14H22O4P+. The van der Waals surface area contributed by atoms with Crippen molar-refractivity contribution in [2.24, 2.45) is 0 Å². The highest BCUT2D eigenvalue weighted by atomic mass is 31.1. The van der Waals surface area contributed by atoms with E-state index in [0.29, 0.717) is 12.8 Å². The van der Waals surface area contributed by atoms with Crippen molar-refractivity contribution in [3.63, 3.8) is 0 Å². The van der Waals surface area contributed by atoms with Crippen LogP contribution in [0.5, 0.6) is 0 Å². The summed E-state index contributed by atoms with van der Waals surface area (Å²) in [6, 6.07) is 7.48. The monoisotopic (exact) mass is 285 g/mol. The van der Waals surface area contributed by atoms with Crippen molar-refractivity contribution in [3.8, 4) is 0 Å². The van der Waals surface area contributed by atoms with E-state index in [1.54, 1.807) is 6.92 Å². The molecule has 3 unspecified atom stereocenters. The zero-order valence-electron chi connectivity index (χ0n) is 11.9. The molecule has 0 aliphatic rings. The molecule has 4 nitrogen and oxygen atoms in total. The first-order chi connectivity index (χ1) is 8.80. The average molecular weight is 285 g/mol. The number of aryl methyl sites for hydroxylation is 1. The van der Waals surface area contributed by atoms with E-state index in [1.165, 1.54) is 0 Å². The molecule has 19 heavy (non-hydrogen) atoms. The highest BCUT2D eigenvalue weighted by molar-refractivity contribution is 7.32. The summed E-state index contributed by atoms with van der Waals surface area (Å²) >= 11 is 0. The fraction of sp³-hybridized carbons (Fsp3) is 0.571. The second-order valence-electron chi connectivity index (χ2n) is 4.94. The summed E-state index contributed by atoms with van der Waals surface area (Å²) < 4.78 is 16.2. The normalized spacial score (nSPS) is 18.5. The van der Waals surface area contributed by atoms with Crippen molar-refractivity contribution in [2.75, 3.05) is 0 Å². The third kappa shape index (κ3) is 3.03. The van der Waals surface area contributed by atoms with Crippen molar-refractivity contribution in [3.05, 3.63) is 35.4 Å². The fourth-order valence-corrected chi connectivity index (χ4v) is 3.12. The quantitative estimate of drug-likeness (QED) is 0.786. The first kappa shape index (κ1) is 16.3. The van der Waals surface area contributed by atoms with E-state index in [0.717, 1.165) is 11.1 Å². The van der Waals surface area contributed by atoms with Gasteiger partial charge in [0.1, 0.15) is 5.60 Å². The Bertz CT molecular complexity index is 463. The second kappa shape index (κ2) is 6.10. The molecule has 1 aromatic rings. The van der Waals surface area contributed by atoms with E-state index in [2.05, 4.69) is 0 Å². The Labute approximate surface area is 115 Å². The molecule has 0 saturated heterocycles. The maximum absolute atomic E-state index is 11.1.